The summed E-state index contributed by atoms with van der Waals surface area (Å²) in [5.74, 6) is 2.69. The molecule has 286 valence electrons. The summed E-state index contributed by atoms with van der Waals surface area (Å²) in [6.07, 6.45) is 3.04. The number of hydrogen-bond acceptors (Lipinski definition) is 9. The van der Waals surface area contributed by atoms with Crippen molar-refractivity contribution < 1.29 is 37.7 Å². The Hall–Kier alpha value is -5.62. The number of piperidine rings is 1. The topological polar surface area (TPSA) is 105 Å². The van der Waals surface area contributed by atoms with Crippen molar-refractivity contribution in [1.29, 1.82) is 0 Å². The molecule has 0 aliphatic carbocycles. The lowest BCUT2D eigenvalue weighted by atomic mass is 9.76. The molecule has 0 saturated carbocycles. The van der Waals surface area contributed by atoms with Crippen LogP contribution in [0.2, 0.25) is 0 Å². The van der Waals surface area contributed by atoms with Crippen LogP contribution >= 0.6 is 0 Å². The number of ether oxygens (including phenoxy) is 5. The highest BCUT2D eigenvalue weighted by molar-refractivity contribution is 5.98. The smallest absolute Gasteiger partial charge is 0.254 e. The predicted molar refractivity (Wildman–Crippen MR) is 204 cm³/mol. The molecule has 2 saturated heterocycles. The third-order valence-corrected chi connectivity index (χ3v) is 11.5. The highest BCUT2D eigenvalue weighted by Crippen LogP contribution is 2.44. The number of likely N-dealkylation sites (tertiary alicyclic amines) is 2. The van der Waals surface area contributed by atoms with Gasteiger partial charge in [-0.25, -0.2) is 9.37 Å². The van der Waals surface area contributed by atoms with E-state index in [1.54, 1.807) is 24.3 Å². The molecule has 0 radical (unpaired) electrons. The molecule has 0 bridgehead atoms. The maximum atomic E-state index is 14.1. The van der Waals surface area contributed by atoms with E-state index < -0.39 is 0 Å². The Balaban J connectivity index is 0.978. The number of imidazole rings is 1. The van der Waals surface area contributed by atoms with Gasteiger partial charge in [0.05, 0.1) is 32.4 Å². The van der Waals surface area contributed by atoms with Crippen LogP contribution in [0, 0.1) is 11.7 Å². The molecule has 2 fully saturated rings. The lowest BCUT2D eigenvalue weighted by molar-refractivity contribution is 0.0777. The number of para-hydroxylation sites is 2. The zero-order valence-electron chi connectivity index (χ0n) is 31.4. The van der Waals surface area contributed by atoms with Crippen LogP contribution in [0.5, 0.6) is 28.7 Å². The Morgan fingerprint density at radius 3 is 2.33 bits per heavy atom. The third-order valence-electron chi connectivity index (χ3n) is 11.5. The van der Waals surface area contributed by atoms with Gasteiger partial charge in [0.2, 0.25) is 18.3 Å². The molecule has 55 heavy (non-hydrogen) atoms. The van der Waals surface area contributed by atoms with Crippen molar-refractivity contribution in [3.05, 3.63) is 107 Å². The summed E-state index contributed by atoms with van der Waals surface area (Å²) in [4.78, 5) is 37.3. The number of benzene rings is 4. The van der Waals surface area contributed by atoms with Gasteiger partial charge in [-0.2, -0.15) is 0 Å². The number of carbonyl (C=O) groups is 2. The van der Waals surface area contributed by atoms with E-state index in [2.05, 4.69) is 17.0 Å². The van der Waals surface area contributed by atoms with Gasteiger partial charge in [-0.3, -0.25) is 9.59 Å². The lowest BCUT2D eigenvalue weighted by Gasteiger charge is -2.36. The zero-order chi connectivity index (χ0) is 38.1. The molecule has 4 aromatic carbocycles. The number of amides is 1. The van der Waals surface area contributed by atoms with Crippen LogP contribution < -0.4 is 23.7 Å². The Morgan fingerprint density at radius 1 is 0.873 bits per heavy atom. The number of nitrogens with zero attached hydrogens (tertiary/aromatic N) is 4. The van der Waals surface area contributed by atoms with E-state index in [9.17, 15) is 14.0 Å². The Morgan fingerprint density at radius 2 is 1.60 bits per heavy atom. The van der Waals surface area contributed by atoms with Crippen molar-refractivity contribution in [1.82, 2.24) is 19.4 Å². The first-order valence-corrected chi connectivity index (χ1v) is 18.7. The van der Waals surface area contributed by atoms with Gasteiger partial charge in [0.25, 0.3) is 5.91 Å². The summed E-state index contributed by atoms with van der Waals surface area (Å²) in [6.45, 7) is 4.10. The SMILES string of the molecule is COc1cc(C(=O)N2CCC(CCN3CCC(C(=O)c4nc5ccccc5n4Cc4ccc(F)cc4)CC3)(c3ccc4c(c3)OCO4)C2)cc(OC)c1OC. The quantitative estimate of drug-likeness (QED) is 0.128. The van der Waals surface area contributed by atoms with Crippen LogP contribution in [0.15, 0.2) is 78.9 Å². The normalized spacial score (nSPS) is 18.5. The molecular weight excluding hydrogens is 703 g/mol. The standard InChI is InChI=1S/C43H45FN4O7/c1-51-37-22-30(23-38(52-2)40(37)53-3)42(50)47-21-17-43(26-47,31-10-13-35-36(24-31)55-27-54-35)16-20-46-18-14-29(15-19-46)39(49)41-45-33-6-4-5-7-34(33)48(41)25-28-8-11-32(44)12-9-28/h4-13,22-24,29H,14-21,25-27H2,1-3H3. The second kappa shape index (κ2) is 15.3. The number of aromatic nitrogens is 2. The van der Waals surface area contributed by atoms with Crippen molar-refractivity contribution in [2.45, 2.75) is 37.6 Å². The Kier molecular flexibility index (Phi) is 10.1. The van der Waals surface area contributed by atoms with Gasteiger partial charge in [-0.15, -0.1) is 0 Å². The summed E-state index contributed by atoms with van der Waals surface area (Å²) in [5.41, 5.74) is 3.82. The molecule has 1 amide bonds. The first-order chi connectivity index (χ1) is 26.8. The van der Waals surface area contributed by atoms with E-state index in [1.165, 1.54) is 33.5 Å². The number of halogens is 1. The van der Waals surface area contributed by atoms with E-state index in [0.717, 1.165) is 79.0 Å². The van der Waals surface area contributed by atoms with Gasteiger partial charge in [-0.05, 0) is 105 Å². The Bertz CT molecular complexity index is 2190. The van der Waals surface area contributed by atoms with Gasteiger partial charge < -0.3 is 38.1 Å². The van der Waals surface area contributed by atoms with Crippen molar-refractivity contribution >= 4 is 22.7 Å². The van der Waals surface area contributed by atoms with Crippen molar-refractivity contribution in [3.8, 4) is 28.7 Å². The van der Waals surface area contributed by atoms with E-state index in [0.29, 0.717) is 48.3 Å². The van der Waals surface area contributed by atoms with Gasteiger partial charge in [-0.1, -0.05) is 30.3 Å². The number of rotatable bonds is 12. The van der Waals surface area contributed by atoms with Crippen LogP contribution in [0.25, 0.3) is 11.0 Å². The van der Waals surface area contributed by atoms with Gasteiger partial charge in [0.1, 0.15) is 5.82 Å². The fourth-order valence-corrected chi connectivity index (χ4v) is 8.41. The second-order valence-electron chi connectivity index (χ2n) is 14.6. The molecule has 3 aliphatic rings. The zero-order valence-corrected chi connectivity index (χ0v) is 31.4. The average molecular weight is 749 g/mol. The number of ketones is 1. The number of hydrogen-bond donors (Lipinski definition) is 0. The first-order valence-electron chi connectivity index (χ1n) is 18.7. The summed E-state index contributed by atoms with van der Waals surface area (Å²) in [5, 5.41) is 0. The second-order valence-corrected chi connectivity index (χ2v) is 14.6. The van der Waals surface area contributed by atoms with E-state index in [4.69, 9.17) is 28.7 Å². The number of fused-ring (bicyclic) bond motifs is 2. The molecule has 5 aromatic rings. The van der Waals surface area contributed by atoms with Crippen LogP contribution in [0.4, 0.5) is 4.39 Å². The molecule has 8 rings (SSSR count). The lowest BCUT2D eigenvalue weighted by Crippen LogP contribution is -2.41. The molecule has 1 aromatic heterocycles. The molecule has 0 spiro atoms. The van der Waals surface area contributed by atoms with Crippen LogP contribution in [0.1, 0.15) is 57.8 Å². The minimum absolute atomic E-state index is 0.0477. The van der Waals surface area contributed by atoms with Gasteiger partial charge in [0, 0.05) is 36.5 Å². The van der Waals surface area contributed by atoms with Gasteiger partial charge >= 0.3 is 0 Å². The summed E-state index contributed by atoms with van der Waals surface area (Å²) in [6, 6.07) is 23.7. The van der Waals surface area contributed by atoms with E-state index in [-0.39, 0.29) is 35.6 Å². The highest BCUT2D eigenvalue weighted by atomic mass is 19.1. The fraction of sp³-hybridized carbons (Fsp3) is 0.372. The van der Waals surface area contributed by atoms with Crippen LogP contribution in [-0.2, 0) is 12.0 Å². The van der Waals surface area contributed by atoms with Gasteiger partial charge in [0.15, 0.2) is 28.8 Å². The summed E-state index contributed by atoms with van der Waals surface area (Å²) < 4.78 is 43.6. The highest BCUT2D eigenvalue weighted by Gasteiger charge is 2.43. The largest absolute Gasteiger partial charge is 0.493 e. The van der Waals surface area contributed by atoms with E-state index >= 15 is 0 Å². The molecule has 4 heterocycles. The molecule has 1 unspecified atom stereocenters. The number of Topliss-reactive ketones (excluding diaryl/α,β-unsaturated/α-hetero) is 1. The third kappa shape index (κ3) is 7.06. The predicted octanol–water partition coefficient (Wildman–Crippen LogP) is 6.75. The monoisotopic (exact) mass is 748 g/mol. The number of methoxy groups -OCH3 is 3. The summed E-state index contributed by atoms with van der Waals surface area (Å²) >= 11 is 0. The average Bonchev–Trinajstić information content (AvgIpc) is 3.98. The molecule has 1 atom stereocenters. The van der Waals surface area contributed by atoms with Crippen LogP contribution in [-0.4, -0.2) is 91.9 Å². The Labute approximate surface area is 319 Å². The van der Waals surface area contributed by atoms with Crippen molar-refractivity contribution in [3.63, 3.8) is 0 Å². The molecule has 3 aliphatic heterocycles. The molecule has 11 nitrogen and oxygen atoms in total. The van der Waals surface area contributed by atoms with E-state index in [1.807, 2.05) is 39.8 Å². The fourth-order valence-electron chi connectivity index (χ4n) is 8.41. The number of carbonyl (C=O) groups excluding carboxylic acids is 2. The minimum Gasteiger partial charge on any atom is -0.493 e. The van der Waals surface area contributed by atoms with Crippen LogP contribution in [0.3, 0.4) is 0 Å². The summed E-state index contributed by atoms with van der Waals surface area (Å²) in [7, 11) is 4.62. The van der Waals surface area contributed by atoms with Crippen molar-refractivity contribution in [2.24, 2.45) is 5.92 Å². The maximum Gasteiger partial charge on any atom is 0.254 e. The molecule has 0 N–H and O–H groups in total. The molecule has 12 heteroatoms. The minimum atomic E-state index is -0.324. The first kappa shape index (κ1) is 36.4. The van der Waals surface area contributed by atoms with Crippen molar-refractivity contribution in [2.75, 3.05) is 60.8 Å². The molecular formula is C43H45FN4O7. The maximum absolute atomic E-state index is 14.1.